The summed E-state index contributed by atoms with van der Waals surface area (Å²) in [5, 5.41) is 98.9. The van der Waals surface area contributed by atoms with Crippen LogP contribution in [-0.2, 0) is 28.5 Å². The van der Waals surface area contributed by atoms with E-state index < -0.39 is 105 Å². The van der Waals surface area contributed by atoms with Crippen LogP contribution in [0.3, 0.4) is 0 Å². The van der Waals surface area contributed by atoms with E-state index in [0.717, 1.165) is 0 Å². The molecule has 0 radical (unpaired) electrons. The summed E-state index contributed by atoms with van der Waals surface area (Å²) < 4.78 is 25.8. The molecule has 3 rings (SSSR count). The summed E-state index contributed by atoms with van der Waals surface area (Å²) in [4.78, 5) is 11.7. The van der Waals surface area contributed by atoms with E-state index in [-0.39, 0.29) is 0 Å². The van der Waals surface area contributed by atoms with Crippen LogP contribution in [-0.4, -0.2) is 156 Å². The minimum absolute atomic E-state index is 0.666. The molecule has 16 heteroatoms. The molecule has 3 heterocycles. The highest BCUT2D eigenvalue weighted by molar-refractivity contribution is 5.73. The zero-order chi connectivity index (χ0) is 25.5. The second kappa shape index (κ2) is 10.9. The van der Waals surface area contributed by atoms with Crippen LogP contribution < -0.4 is 0 Å². The summed E-state index contributed by atoms with van der Waals surface area (Å²) in [6, 6.07) is 0. The SMILES string of the molecule is C[C@@H]1O[C@@H](O[C@H]2[C@H](O)[C@@H](O)[C@H](OC[C@H]3O[C@@H](O)[C@H](O)[C@@H](O)[C@H]3O)O[C@@H]2C(=O)O)[C@H](O)[C@H](O)[C@H]1O. The van der Waals surface area contributed by atoms with Crippen molar-refractivity contribution in [3.8, 4) is 0 Å². The fraction of sp³-hybridized carbons (Fsp3) is 0.944. The molecule has 3 fully saturated rings. The summed E-state index contributed by atoms with van der Waals surface area (Å²) in [6.45, 7) is 0.687. The maximum atomic E-state index is 11.7. The third-order valence-electron chi connectivity index (χ3n) is 6.00. The van der Waals surface area contributed by atoms with E-state index in [9.17, 15) is 55.9 Å². The lowest BCUT2D eigenvalue weighted by molar-refractivity contribution is -0.356. The molecule has 3 aliphatic rings. The van der Waals surface area contributed by atoms with Crippen molar-refractivity contribution in [1.82, 2.24) is 0 Å². The lowest BCUT2D eigenvalue weighted by Gasteiger charge is -2.45. The summed E-state index contributed by atoms with van der Waals surface area (Å²) in [6.07, 6.45) is -25.8. The molecule has 0 aliphatic carbocycles. The van der Waals surface area contributed by atoms with Crippen LogP contribution in [0.1, 0.15) is 6.92 Å². The number of rotatable bonds is 6. The highest BCUT2D eigenvalue weighted by Gasteiger charge is 2.53. The Morgan fingerprint density at radius 2 is 1.29 bits per heavy atom. The van der Waals surface area contributed by atoms with Gasteiger partial charge in [-0.1, -0.05) is 0 Å². The number of hydrogen-bond acceptors (Lipinski definition) is 15. The smallest absolute Gasteiger partial charge is 0.335 e. The van der Waals surface area contributed by atoms with E-state index in [0.29, 0.717) is 0 Å². The molecule has 0 aromatic carbocycles. The average molecular weight is 502 g/mol. The van der Waals surface area contributed by atoms with E-state index in [4.69, 9.17) is 23.7 Å². The average Bonchev–Trinajstić information content (AvgIpc) is 2.79. The zero-order valence-corrected chi connectivity index (χ0v) is 17.8. The predicted octanol–water partition coefficient (Wildman–Crippen LogP) is -6.45. The standard InChI is InChI=1S/C18H30O16/c1-3-5(19)7(21)11(25)18(31-3)33-13-9(23)12(26)17(34-14(13)15(27)28)30-2-4-6(20)8(22)10(24)16(29)32-4/h3-14,16-26,29H,2H2,1H3,(H,27,28)/t3-,4+,5-,6-,7+,8-,9+,10+,11+,12+,13-,14-,16+,17+,18-/m0/s1. The van der Waals surface area contributed by atoms with Gasteiger partial charge in [0, 0.05) is 0 Å². The van der Waals surface area contributed by atoms with Gasteiger partial charge >= 0.3 is 5.97 Å². The molecular formula is C18H30O16. The fourth-order valence-corrected chi connectivity index (χ4v) is 3.86. The van der Waals surface area contributed by atoms with Gasteiger partial charge in [0.1, 0.15) is 61.0 Å². The third kappa shape index (κ3) is 5.35. The molecule has 3 aliphatic heterocycles. The largest absolute Gasteiger partial charge is 0.479 e. The third-order valence-corrected chi connectivity index (χ3v) is 6.00. The van der Waals surface area contributed by atoms with Crippen LogP contribution in [0.15, 0.2) is 0 Å². The molecular weight excluding hydrogens is 472 g/mol. The van der Waals surface area contributed by atoms with Crippen molar-refractivity contribution in [1.29, 1.82) is 0 Å². The molecule has 10 N–H and O–H groups in total. The topological polar surface area (TPSA) is 266 Å². The zero-order valence-electron chi connectivity index (χ0n) is 17.8. The Labute approximate surface area is 192 Å². The van der Waals surface area contributed by atoms with Gasteiger partial charge in [-0.3, -0.25) is 0 Å². The summed E-state index contributed by atoms with van der Waals surface area (Å²) in [7, 11) is 0. The van der Waals surface area contributed by atoms with Crippen LogP contribution in [0.5, 0.6) is 0 Å². The van der Waals surface area contributed by atoms with E-state index in [1.54, 1.807) is 0 Å². The number of carbonyl (C=O) groups is 1. The van der Waals surface area contributed by atoms with Crippen molar-refractivity contribution in [2.24, 2.45) is 0 Å². The van der Waals surface area contributed by atoms with Crippen LogP contribution in [0.2, 0.25) is 0 Å². The first-order chi connectivity index (χ1) is 15.8. The summed E-state index contributed by atoms with van der Waals surface area (Å²) in [5.41, 5.74) is 0. The number of aliphatic hydroxyl groups is 9. The van der Waals surface area contributed by atoms with E-state index >= 15 is 0 Å². The molecule has 0 aromatic rings. The Bertz CT molecular complexity index is 693. The Kier molecular flexibility index (Phi) is 8.81. The highest BCUT2D eigenvalue weighted by atomic mass is 16.7. The van der Waals surface area contributed by atoms with Crippen molar-refractivity contribution in [3.05, 3.63) is 0 Å². The summed E-state index contributed by atoms with van der Waals surface area (Å²) >= 11 is 0. The van der Waals surface area contributed by atoms with Gasteiger partial charge in [0.25, 0.3) is 0 Å². The van der Waals surface area contributed by atoms with Gasteiger partial charge in [-0.2, -0.15) is 0 Å². The second-order valence-corrected chi connectivity index (χ2v) is 8.40. The predicted molar refractivity (Wildman–Crippen MR) is 100 cm³/mol. The first kappa shape index (κ1) is 27.5. The maximum absolute atomic E-state index is 11.7. The number of carboxylic acid groups (broad SMARTS) is 1. The van der Waals surface area contributed by atoms with Gasteiger partial charge in [-0.15, -0.1) is 0 Å². The molecule has 15 atom stereocenters. The maximum Gasteiger partial charge on any atom is 0.335 e. The minimum Gasteiger partial charge on any atom is -0.479 e. The van der Waals surface area contributed by atoms with Crippen LogP contribution >= 0.6 is 0 Å². The lowest BCUT2D eigenvalue weighted by Crippen LogP contribution is -2.65. The normalized spacial score (nSPS) is 52.4. The van der Waals surface area contributed by atoms with Crippen LogP contribution in [0, 0.1) is 0 Å². The Balaban J connectivity index is 1.67. The lowest BCUT2D eigenvalue weighted by atomic mass is 9.97. The van der Waals surface area contributed by atoms with Crippen LogP contribution in [0.25, 0.3) is 0 Å². The monoisotopic (exact) mass is 502 g/mol. The van der Waals surface area contributed by atoms with Gasteiger partial charge < -0.3 is 74.7 Å². The molecule has 16 nitrogen and oxygen atoms in total. The van der Waals surface area contributed by atoms with Crippen LogP contribution in [0.4, 0.5) is 0 Å². The van der Waals surface area contributed by atoms with Gasteiger partial charge in [-0.25, -0.2) is 4.79 Å². The Morgan fingerprint density at radius 1 is 0.706 bits per heavy atom. The van der Waals surface area contributed by atoms with Gasteiger partial charge in [0.05, 0.1) is 12.7 Å². The molecule has 0 amide bonds. The van der Waals surface area contributed by atoms with Crippen molar-refractivity contribution in [2.45, 2.75) is 99.0 Å². The number of ether oxygens (including phenoxy) is 5. The van der Waals surface area contributed by atoms with Gasteiger partial charge in [0.15, 0.2) is 25.0 Å². The van der Waals surface area contributed by atoms with E-state index in [1.165, 1.54) is 6.92 Å². The quantitative estimate of drug-likeness (QED) is 0.162. The first-order valence-electron chi connectivity index (χ1n) is 10.4. The number of aliphatic hydroxyl groups excluding tert-OH is 9. The molecule has 34 heavy (non-hydrogen) atoms. The molecule has 0 spiro atoms. The van der Waals surface area contributed by atoms with Crippen molar-refractivity contribution in [3.63, 3.8) is 0 Å². The van der Waals surface area contributed by atoms with Gasteiger partial charge in [-0.05, 0) is 6.92 Å². The van der Waals surface area contributed by atoms with Crippen molar-refractivity contribution >= 4 is 5.97 Å². The van der Waals surface area contributed by atoms with E-state index in [1.807, 2.05) is 0 Å². The molecule has 198 valence electrons. The molecule has 0 unspecified atom stereocenters. The molecule has 0 bridgehead atoms. The fourth-order valence-electron chi connectivity index (χ4n) is 3.86. The van der Waals surface area contributed by atoms with Crippen molar-refractivity contribution in [2.75, 3.05) is 6.61 Å². The minimum atomic E-state index is -1.98. The van der Waals surface area contributed by atoms with Crippen molar-refractivity contribution < 1.29 is 79.5 Å². The van der Waals surface area contributed by atoms with Gasteiger partial charge in [0.2, 0.25) is 0 Å². The second-order valence-electron chi connectivity index (χ2n) is 8.40. The number of aliphatic carboxylic acids is 1. The molecule has 0 saturated carbocycles. The number of hydrogen-bond donors (Lipinski definition) is 10. The first-order valence-corrected chi connectivity index (χ1v) is 10.4. The molecule has 0 aromatic heterocycles. The Hall–Kier alpha value is -1.09. The number of carboxylic acids is 1. The summed E-state index contributed by atoms with van der Waals surface area (Å²) in [5.74, 6) is -1.66. The molecule has 3 saturated heterocycles. The Morgan fingerprint density at radius 3 is 1.91 bits per heavy atom. The van der Waals surface area contributed by atoms with E-state index in [2.05, 4.69) is 0 Å². The highest BCUT2D eigenvalue weighted by Crippen LogP contribution is 2.30.